The van der Waals surface area contributed by atoms with Crippen molar-refractivity contribution in [3.63, 3.8) is 0 Å². The summed E-state index contributed by atoms with van der Waals surface area (Å²) in [7, 11) is 0. The molecule has 1 N–H and O–H groups in total. The van der Waals surface area contributed by atoms with Gasteiger partial charge in [0.2, 0.25) is 0 Å². The SMILES string of the molecule is CC[C@@H](Oc1ccccc1F)C(=O)NC[C@@H](C)c1ccccc1. The molecule has 0 bridgehead atoms. The maximum absolute atomic E-state index is 13.6. The van der Waals surface area contributed by atoms with E-state index in [2.05, 4.69) is 5.32 Å². The molecule has 3 nitrogen and oxygen atoms in total. The van der Waals surface area contributed by atoms with Crippen LogP contribution in [0.2, 0.25) is 0 Å². The van der Waals surface area contributed by atoms with Crippen molar-refractivity contribution in [3.8, 4) is 5.75 Å². The number of carbonyl (C=O) groups excluding carboxylic acids is 1. The Kier molecular flexibility index (Phi) is 6.15. The predicted molar refractivity (Wildman–Crippen MR) is 89.0 cm³/mol. The summed E-state index contributed by atoms with van der Waals surface area (Å²) >= 11 is 0. The second kappa shape index (κ2) is 8.32. The first-order chi connectivity index (χ1) is 11.1. The molecule has 23 heavy (non-hydrogen) atoms. The Hall–Kier alpha value is -2.36. The van der Waals surface area contributed by atoms with Gasteiger partial charge in [-0.05, 0) is 30.0 Å². The highest BCUT2D eigenvalue weighted by atomic mass is 19.1. The Morgan fingerprint density at radius 3 is 2.43 bits per heavy atom. The van der Waals surface area contributed by atoms with Crippen LogP contribution < -0.4 is 10.1 Å². The van der Waals surface area contributed by atoms with Crippen LogP contribution in [0.25, 0.3) is 0 Å². The number of ether oxygens (including phenoxy) is 1. The van der Waals surface area contributed by atoms with Crippen LogP contribution in [0.4, 0.5) is 4.39 Å². The molecule has 0 heterocycles. The summed E-state index contributed by atoms with van der Waals surface area (Å²) in [4.78, 5) is 12.3. The monoisotopic (exact) mass is 315 g/mol. The van der Waals surface area contributed by atoms with Crippen LogP contribution in [0.3, 0.4) is 0 Å². The second-order valence-electron chi connectivity index (χ2n) is 5.50. The number of hydrogen-bond donors (Lipinski definition) is 1. The standard InChI is InChI=1S/C19H22FNO2/c1-3-17(23-18-12-8-7-11-16(18)20)19(22)21-13-14(2)15-9-5-4-6-10-15/h4-12,14,17H,3,13H2,1-2H3,(H,21,22)/t14-,17-/m1/s1. The van der Waals surface area contributed by atoms with Gasteiger partial charge in [0, 0.05) is 6.54 Å². The molecule has 0 saturated carbocycles. The van der Waals surface area contributed by atoms with E-state index < -0.39 is 11.9 Å². The molecule has 0 saturated heterocycles. The van der Waals surface area contributed by atoms with Crippen LogP contribution in [-0.4, -0.2) is 18.6 Å². The molecule has 0 aliphatic carbocycles. The van der Waals surface area contributed by atoms with Crippen LogP contribution in [0.15, 0.2) is 54.6 Å². The van der Waals surface area contributed by atoms with Crippen LogP contribution in [0, 0.1) is 5.82 Å². The summed E-state index contributed by atoms with van der Waals surface area (Å²) in [6.45, 7) is 4.40. The van der Waals surface area contributed by atoms with E-state index in [9.17, 15) is 9.18 Å². The number of hydrogen-bond acceptors (Lipinski definition) is 2. The highest BCUT2D eigenvalue weighted by Crippen LogP contribution is 2.18. The Labute approximate surface area is 136 Å². The third-order valence-corrected chi connectivity index (χ3v) is 3.72. The highest BCUT2D eigenvalue weighted by molar-refractivity contribution is 5.81. The highest BCUT2D eigenvalue weighted by Gasteiger charge is 2.20. The molecule has 0 fully saturated rings. The zero-order chi connectivity index (χ0) is 16.7. The van der Waals surface area contributed by atoms with Gasteiger partial charge in [0.25, 0.3) is 5.91 Å². The van der Waals surface area contributed by atoms with Gasteiger partial charge in [0.15, 0.2) is 17.7 Å². The van der Waals surface area contributed by atoms with Crippen molar-refractivity contribution in [2.75, 3.05) is 6.54 Å². The Balaban J connectivity index is 1.91. The van der Waals surface area contributed by atoms with Crippen molar-refractivity contribution in [2.45, 2.75) is 32.3 Å². The molecule has 0 aliphatic heterocycles. The molecular weight excluding hydrogens is 293 g/mol. The summed E-state index contributed by atoms with van der Waals surface area (Å²) in [6, 6.07) is 16.1. The fourth-order valence-electron chi connectivity index (χ4n) is 2.28. The maximum atomic E-state index is 13.6. The lowest BCUT2D eigenvalue weighted by Gasteiger charge is -2.19. The summed E-state index contributed by atoms with van der Waals surface area (Å²) in [6.07, 6.45) is -0.227. The fraction of sp³-hybridized carbons (Fsp3) is 0.316. The lowest BCUT2D eigenvalue weighted by atomic mass is 10.0. The van der Waals surface area contributed by atoms with Gasteiger partial charge in [-0.1, -0.05) is 56.3 Å². The van der Waals surface area contributed by atoms with Crippen molar-refractivity contribution in [2.24, 2.45) is 0 Å². The molecule has 1 amide bonds. The number of para-hydroxylation sites is 1. The van der Waals surface area contributed by atoms with Crippen LogP contribution >= 0.6 is 0 Å². The van der Waals surface area contributed by atoms with Gasteiger partial charge in [-0.15, -0.1) is 0 Å². The summed E-state index contributed by atoms with van der Waals surface area (Å²) < 4.78 is 19.1. The number of amides is 1. The molecule has 0 unspecified atom stereocenters. The molecule has 122 valence electrons. The first kappa shape index (κ1) is 17.0. The number of rotatable bonds is 7. The molecule has 0 radical (unpaired) electrons. The number of carbonyl (C=O) groups is 1. The first-order valence-corrected chi connectivity index (χ1v) is 7.85. The van der Waals surface area contributed by atoms with E-state index in [1.807, 2.05) is 44.2 Å². The molecule has 0 aromatic heterocycles. The molecule has 2 aromatic rings. The van der Waals surface area contributed by atoms with Crippen molar-refractivity contribution in [1.29, 1.82) is 0 Å². The Morgan fingerprint density at radius 1 is 1.13 bits per heavy atom. The minimum atomic E-state index is -0.699. The quantitative estimate of drug-likeness (QED) is 0.841. The normalized spacial score (nSPS) is 13.2. The van der Waals surface area contributed by atoms with E-state index in [-0.39, 0.29) is 17.6 Å². The lowest BCUT2D eigenvalue weighted by Crippen LogP contribution is -2.39. The third kappa shape index (κ3) is 4.81. The Morgan fingerprint density at radius 2 is 1.78 bits per heavy atom. The van der Waals surface area contributed by atoms with E-state index in [4.69, 9.17) is 4.74 Å². The van der Waals surface area contributed by atoms with Gasteiger partial charge < -0.3 is 10.1 Å². The van der Waals surface area contributed by atoms with Crippen LogP contribution in [-0.2, 0) is 4.79 Å². The molecule has 4 heteroatoms. The molecule has 2 rings (SSSR count). The lowest BCUT2D eigenvalue weighted by molar-refractivity contribution is -0.128. The van der Waals surface area contributed by atoms with Crippen molar-refractivity contribution in [3.05, 3.63) is 66.0 Å². The van der Waals surface area contributed by atoms with E-state index in [0.717, 1.165) is 5.56 Å². The number of nitrogens with one attached hydrogen (secondary N) is 1. The van der Waals surface area contributed by atoms with Gasteiger partial charge in [0.1, 0.15) is 0 Å². The molecular formula is C19H22FNO2. The number of benzene rings is 2. The number of halogens is 1. The average molecular weight is 315 g/mol. The first-order valence-electron chi connectivity index (χ1n) is 7.85. The van der Waals surface area contributed by atoms with Gasteiger partial charge in [-0.3, -0.25) is 4.79 Å². The minimum absolute atomic E-state index is 0.102. The van der Waals surface area contributed by atoms with Crippen molar-refractivity contribution >= 4 is 5.91 Å². The fourth-order valence-corrected chi connectivity index (χ4v) is 2.28. The topological polar surface area (TPSA) is 38.3 Å². The van der Waals surface area contributed by atoms with E-state index in [0.29, 0.717) is 13.0 Å². The minimum Gasteiger partial charge on any atom is -0.478 e. The summed E-state index contributed by atoms with van der Waals surface area (Å²) in [5.74, 6) is -0.383. The van der Waals surface area contributed by atoms with Gasteiger partial charge in [-0.2, -0.15) is 0 Å². The molecule has 0 spiro atoms. The van der Waals surface area contributed by atoms with Crippen molar-refractivity contribution < 1.29 is 13.9 Å². The van der Waals surface area contributed by atoms with E-state index in [1.54, 1.807) is 12.1 Å². The smallest absolute Gasteiger partial charge is 0.261 e. The summed E-state index contributed by atoms with van der Waals surface area (Å²) in [5.41, 5.74) is 1.16. The molecule has 2 atom stereocenters. The zero-order valence-electron chi connectivity index (χ0n) is 13.5. The molecule has 2 aromatic carbocycles. The van der Waals surface area contributed by atoms with E-state index in [1.165, 1.54) is 12.1 Å². The Bertz CT molecular complexity index is 630. The van der Waals surface area contributed by atoms with Gasteiger partial charge in [0.05, 0.1) is 0 Å². The predicted octanol–water partition coefficient (Wildman–Crippen LogP) is 3.90. The summed E-state index contributed by atoms with van der Waals surface area (Å²) in [5, 5.41) is 2.89. The second-order valence-corrected chi connectivity index (χ2v) is 5.50. The van der Waals surface area contributed by atoms with Crippen molar-refractivity contribution in [1.82, 2.24) is 5.32 Å². The third-order valence-electron chi connectivity index (χ3n) is 3.72. The van der Waals surface area contributed by atoms with E-state index >= 15 is 0 Å². The van der Waals surface area contributed by atoms with Gasteiger partial charge in [-0.25, -0.2) is 4.39 Å². The van der Waals surface area contributed by atoms with Gasteiger partial charge >= 0.3 is 0 Å². The zero-order valence-corrected chi connectivity index (χ0v) is 13.5. The van der Waals surface area contributed by atoms with Crippen LogP contribution in [0.5, 0.6) is 5.75 Å². The largest absolute Gasteiger partial charge is 0.478 e. The van der Waals surface area contributed by atoms with Crippen LogP contribution in [0.1, 0.15) is 31.7 Å². The molecule has 0 aliphatic rings. The maximum Gasteiger partial charge on any atom is 0.261 e. The average Bonchev–Trinajstić information content (AvgIpc) is 2.59.